The van der Waals surface area contributed by atoms with E-state index in [1.165, 1.54) is 6.07 Å². The molecule has 3 aromatic heterocycles. The van der Waals surface area contributed by atoms with Gasteiger partial charge in [-0.05, 0) is 42.6 Å². The van der Waals surface area contributed by atoms with Crippen molar-refractivity contribution in [2.75, 3.05) is 5.32 Å². The molecule has 1 aromatic carbocycles. The molecule has 164 valence electrons. The minimum atomic E-state index is -0.492. The molecular formula is C21H19BrN6O3S. The van der Waals surface area contributed by atoms with E-state index in [2.05, 4.69) is 47.1 Å². The summed E-state index contributed by atoms with van der Waals surface area (Å²) in [5.74, 6) is 0.697. The van der Waals surface area contributed by atoms with E-state index in [0.29, 0.717) is 11.6 Å². The van der Waals surface area contributed by atoms with Gasteiger partial charge < -0.3 is 15.1 Å². The number of thiophene rings is 1. The number of rotatable bonds is 7. The van der Waals surface area contributed by atoms with E-state index in [1.807, 2.05) is 48.7 Å². The molecule has 4 rings (SSSR count). The van der Waals surface area contributed by atoms with E-state index in [9.17, 15) is 9.59 Å². The van der Waals surface area contributed by atoms with Crippen molar-refractivity contribution in [3.63, 3.8) is 0 Å². The maximum Gasteiger partial charge on any atom is 0.315 e. The van der Waals surface area contributed by atoms with Crippen LogP contribution >= 0.6 is 27.3 Å². The van der Waals surface area contributed by atoms with Gasteiger partial charge in [0, 0.05) is 14.9 Å². The lowest BCUT2D eigenvalue weighted by molar-refractivity contribution is 0.0994. The average molecular weight is 515 g/mol. The summed E-state index contributed by atoms with van der Waals surface area (Å²) in [6, 6.07) is 14.2. The molecule has 1 atom stereocenters. The standard InChI is InChI=1S/C21H19BrN6O3S/c1-12(17-3-2-10-32-17)24-21(30)23-11-15-8-9-16(31-15)19(29)26-20-25-18(27-28-20)13-4-6-14(22)7-5-13/h2-10,12H,11H2,1H3,(H2,23,24,30)(H2,25,26,27,28,29). The highest BCUT2D eigenvalue weighted by molar-refractivity contribution is 9.10. The zero-order valence-electron chi connectivity index (χ0n) is 16.9. The quantitative estimate of drug-likeness (QED) is 0.284. The van der Waals surface area contributed by atoms with Crippen molar-refractivity contribution in [1.29, 1.82) is 0 Å². The molecule has 0 radical (unpaired) electrons. The second-order valence-electron chi connectivity index (χ2n) is 6.80. The number of benzene rings is 1. The number of anilines is 1. The van der Waals surface area contributed by atoms with Gasteiger partial charge in [-0.2, -0.15) is 4.98 Å². The van der Waals surface area contributed by atoms with Crippen molar-refractivity contribution in [2.45, 2.75) is 19.5 Å². The van der Waals surface area contributed by atoms with Crippen molar-refractivity contribution in [3.8, 4) is 11.4 Å². The fourth-order valence-corrected chi connectivity index (χ4v) is 3.84. The van der Waals surface area contributed by atoms with Crippen LogP contribution in [0.1, 0.15) is 34.2 Å². The van der Waals surface area contributed by atoms with Crippen molar-refractivity contribution >= 4 is 45.2 Å². The van der Waals surface area contributed by atoms with Crippen LogP contribution in [0.2, 0.25) is 0 Å². The van der Waals surface area contributed by atoms with Gasteiger partial charge in [-0.1, -0.05) is 34.1 Å². The van der Waals surface area contributed by atoms with E-state index in [1.54, 1.807) is 17.4 Å². The van der Waals surface area contributed by atoms with Crippen LogP contribution in [0.3, 0.4) is 0 Å². The predicted molar refractivity (Wildman–Crippen MR) is 124 cm³/mol. The van der Waals surface area contributed by atoms with Crippen LogP contribution in [0.15, 0.2) is 62.8 Å². The lowest BCUT2D eigenvalue weighted by Crippen LogP contribution is -2.36. The second kappa shape index (κ2) is 9.79. The molecule has 0 aliphatic heterocycles. The van der Waals surface area contributed by atoms with Gasteiger partial charge in [-0.3, -0.25) is 15.2 Å². The van der Waals surface area contributed by atoms with Crippen LogP contribution in [-0.4, -0.2) is 27.1 Å². The summed E-state index contributed by atoms with van der Waals surface area (Å²) in [6.07, 6.45) is 0. The van der Waals surface area contributed by atoms with Gasteiger partial charge in [0.05, 0.1) is 12.6 Å². The van der Waals surface area contributed by atoms with Crippen LogP contribution in [-0.2, 0) is 6.54 Å². The number of furan rings is 1. The number of amides is 3. The molecule has 0 saturated heterocycles. The molecule has 1 unspecified atom stereocenters. The zero-order chi connectivity index (χ0) is 22.5. The smallest absolute Gasteiger partial charge is 0.315 e. The van der Waals surface area contributed by atoms with Crippen LogP contribution in [0.4, 0.5) is 10.7 Å². The Morgan fingerprint density at radius 2 is 2.00 bits per heavy atom. The first-order valence-electron chi connectivity index (χ1n) is 9.64. The number of urea groups is 1. The minimum Gasteiger partial charge on any atom is -0.454 e. The SMILES string of the molecule is CC(NC(=O)NCc1ccc(C(=O)Nc2n[nH]c(-c3ccc(Br)cc3)n2)o1)c1cccs1. The largest absolute Gasteiger partial charge is 0.454 e. The third kappa shape index (κ3) is 5.42. The first kappa shape index (κ1) is 21.8. The summed E-state index contributed by atoms with van der Waals surface area (Å²) in [6.45, 7) is 2.05. The molecule has 0 fully saturated rings. The molecule has 0 aliphatic carbocycles. The number of hydrogen-bond donors (Lipinski definition) is 4. The highest BCUT2D eigenvalue weighted by Crippen LogP contribution is 2.20. The number of halogens is 1. The van der Waals surface area contributed by atoms with E-state index in [4.69, 9.17) is 4.42 Å². The van der Waals surface area contributed by atoms with Crippen molar-refractivity contribution in [2.24, 2.45) is 0 Å². The molecular weight excluding hydrogens is 496 g/mol. The molecule has 9 nitrogen and oxygen atoms in total. The summed E-state index contributed by atoms with van der Waals surface area (Å²) >= 11 is 4.96. The predicted octanol–water partition coefficient (Wildman–Crippen LogP) is 4.70. The summed E-state index contributed by atoms with van der Waals surface area (Å²) in [7, 11) is 0. The van der Waals surface area contributed by atoms with Gasteiger partial charge in [0.1, 0.15) is 5.76 Å². The van der Waals surface area contributed by atoms with Crippen LogP contribution in [0.25, 0.3) is 11.4 Å². The first-order chi connectivity index (χ1) is 15.5. The maximum atomic E-state index is 12.4. The van der Waals surface area contributed by atoms with Gasteiger partial charge in [-0.25, -0.2) is 4.79 Å². The van der Waals surface area contributed by atoms with Crippen molar-refractivity contribution in [1.82, 2.24) is 25.8 Å². The van der Waals surface area contributed by atoms with Gasteiger partial charge in [-0.15, -0.1) is 16.4 Å². The molecule has 0 aliphatic rings. The Morgan fingerprint density at radius 3 is 2.75 bits per heavy atom. The van der Waals surface area contributed by atoms with Gasteiger partial charge in [0.2, 0.25) is 5.95 Å². The number of nitrogens with one attached hydrogen (secondary N) is 4. The monoisotopic (exact) mass is 514 g/mol. The molecule has 0 bridgehead atoms. The number of H-pyrrole nitrogens is 1. The molecule has 32 heavy (non-hydrogen) atoms. The number of nitrogens with zero attached hydrogens (tertiary/aromatic N) is 2. The number of aromatic amines is 1. The average Bonchev–Trinajstić information content (AvgIpc) is 3.54. The van der Waals surface area contributed by atoms with Crippen LogP contribution in [0.5, 0.6) is 0 Å². The molecule has 3 heterocycles. The zero-order valence-corrected chi connectivity index (χ0v) is 19.3. The molecule has 3 amide bonds. The normalized spacial score (nSPS) is 11.7. The fraction of sp³-hybridized carbons (Fsp3) is 0.143. The molecule has 4 aromatic rings. The minimum absolute atomic E-state index is 0.0872. The van der Waals surface area contributed by atoms with Crippen LogP contribution < -0.4 is 16.0 Å². The molecule has 0 spiro atoms. The second-order valence-corrected chi connectivity index (χ2v) is 8.69. The van der Waals surface area contributed by atoms with E-state index in [0.717, 1.165) is 14.9 Å². The summed E-state index contributed by atoms with van der Waals surface area (Å²) in [5, 5.41) is 16.9. The van der Waals surface area contributed by atoms with Gasteiger partial charge in [0.25, 0.3) is 5.91 Å². The van der Waals surface area contributed by atoms with Crippen LogP contribution in [0, 0.1) is 0 Å². The summed E-state index contributed by atoms with van der Waals surface area (Å²) in [4.78, 5) is 29.8. The molecule has 0 saturated carbocycles. The maximum absolute atomic E-state index is 12.4. The highest BCUT2D eigenvalue weighted by atomic mass is 79.9. The Labute approximate surface area is 195 Å². The number of aromatic nitrogens is 3. The van der Waals surface area contributed by atoms with Crippen molar-refractivity contribution in [3.05, 3.63) is 74.8 Å². The Hall–Kier alpha value is -3.44. The van der Waals surface area contributed by atoms with E-state index in [-0.39, 0.29) is 30.3 Å². The third-order valence-corrected chi connectivity index (χ3v) is 6.04. The number of hydrogen-bond acceptors (Lipinski definition) is 6. The van der Waals surface area contributed by atoms with E-state index < -0.39 is 5.91 Å². The number of carbonyl (C=O) groups excluding carboxylic acids is 2. The Bertz CT molecular complexity index is 1200. The lowest BCUT2D eigenvalue weighted by Gasteiger charge is -2.12. The summed E-state index contributed by atoms with van der Waals surface area (Å²) in [5.41, 5.74) is 0.833. The fourth-order valence-electron chi connectivity index (χ4n) is 2.84. The van der Waals surface area contributed by atoms with Gasteiger partial charge in [0.15, 0.2) is 11.6 Å². The Kier molecular flexibility index (Phi) is 6.66. The third-order valence-electron chi connectivity index (χ3n) is 4.45. The van der Waals surface area contributed by atoms with Crippen molar-refractivity contribution < 1.29 is 14.0 Å². The highest BCUT2D eigenvalue weighted by Gasteiger charge is 2.15. The number of carbonyl (C=O) groups is 2. The topological polar surface area (TPSA) is 125 Å². The Balaban J connectivity index is 1.29. The lowest BCUT2D eigenvalue weighted by atomic mass is 10.2. The van der Waals surface area contributed by atoms with E-state index >= 15 is 0 Å². The Morgan fingerprint density at radius 1 is 1.19 bits per heavy atom. The van der Waals surface area contributed by atoms with Gasteiger partial charge >= 0.3 is 6.03 Å². The first-order valence-corrected chi connectivity index (χ1v) is 11.3. The summed E-state index contributed by atoms with van der Waals surface area (Å²) < 4.78 is 6.48. The molecule has 11 heteroatoms. The molecule has 4 N–H and O–H groups in total.